The van der Waals surface area contributed by atoms with Gasteiger partial charge < -0.3 is 19.0 Å². The molecule has 0 radical (unpaired) electrons. The van der Waals surface area contributed by atoms with Crippen LogP contribution < -0.4 is 0 Å². The molecule has 2 rings (SSSR count). The maximum Gasteiger partial charge on any atom is 0.171 e. The van der Waals surface area contributed by atoms with E-state index in [0.717, 1.165) is 50.7 Å². The highest BCUT2D eigenvalue weighted by Gasteiger charge is 2.44. The number of aliphatic hydroxyl groups excluding tert-OH is 1. The highest BCUT2D eigenvalue weighted by Crippen LogP contribution is 2.40. The predicted octanol–water partition coefficient (Wildman–Crippen LogP) is 3.99. The van der Waals surface area contributed by atoms with Crippen LogP contribution in [0.15, 0.2) is 11.8 Å². The van der Waals surface area contributed by atoms with Crippen molar-refractivity contribution in [2.24, 2.45) is 0 Å². The quantitative estimate of drug-likeness (QED) is 0.606. The molecule has 2 aliphatic heterocycles. The lowest BCUT2D eigenvalue weighted by molar-refractivity contribution is -0.308. The van der Waals surface area contributed by atoms with Crippen molar-refractivity contribution in [2.45, 2.75) is 95.7 Å². The van der Waals surface area contributed by atoms with Crippen LogP contribution in [0.25, 0.3) is 0 Å². The van der Waals surface area contributed by atoms with E-state index in [4.69, 9.17) is 19.0 Å². The summed E-state index contributed by atoms with van der Waals surface area (Å²) in [6.45, 7) is 9.54. The second-order valence-electron chi connectivity index (χ2n) is 8.40. The van der Waals surface area contributed by atoms with Crippen LogP contribution >= 0.6 is 0 Å². The van der Waals surface area contributed by atoms with Gasteiger partial charge in [0.1, 0.15) is 0 Å². The van der Waals surface area contributed by atoms with Crippen LogP contribution in [0.5, 0.6) is 0 Å². The minimum Gasteiger partial charge on any atom is -0.516 e. The minimum atomic E-state index is -0.567. The van der Waals surface area contributed by atoms with Crippen LogP contribution in [0.3, 0.4) is 0 Å². The summed E-state index contributed by atoms with van der Waals surface area (Å²) in [5.74, 6) is -0.422. The zero-order valence-electron chi connectivity index (χ0n) is 15.3. The summed E-state index contributed by atoms with van der Waals surface area (Å²) in [6.07, 6.45) is 8.52. The fourth-order valence-corrected chi connectivity index (χ4v) is 4.32. The van der Waals surface area contributed by atoms with Gasteiger partial charge in [-0.05, 0) is 49.6 Å². The van der Waals surface area contributed by atoms with Crippen LogP contribution in [0, 0.1) is 0 Å². The Morgan fingerprint density at radius 3 is 2.78 bits per heavy atom. The average Bonchev–Trinajstić information content (AvgIpc) is 2.50. The van der Waals surface area contributed by atoms with Gasteiger partial charge in [0.2, 0.25) is 0 Å². The molecule has 2 saturated heterocycles. The van der Waals surface area contributed by atoms with E-state index in [-0.39, 0.29) is 12.2 Å². The Bertz CT molecular complexity index is 396. The molecule has 1 N–H and O–H groups in total. The van der Waals surface area contributed by atoms with Crippen LogP contribution in [0.4, 0.5) is 0 Å². The molecule has 0 aliphatic carbocycles. The maximum atomic E-state index is 9.09. The second kappa shape index (κ2) is 8.14. The van der Waals surface area contributed by atoms with Gasteiger partial charge in [-0.15, -0.1) is 0 Å². The van der Waals surface area contributed by atoms with Crippen molar-refractivity contribution in [1.29, 1.82) is 0 Å². The van der Waals surface area contributed by atoms with Crippen molar-refractivity contribution < 1.29 is 19.0 Å². The van der Waals surface area contributed by atoms with Crippen molar-refractivity contribution in [2.75, 3.05) is 6.61 Å². The summed E-state index contributed by atoms with van der Waals surface area (Å²) in [4.78, 5) is 0. The van der Waals surface area contributed by atoms with Crippen LogP contribution in [-0.2, 0) is 13.9 Å². The van der Waals surface area contributed by atoms with Gasteiger partial charge >= 0.3 is 0 Å². The number of allylic oxidation sites excluding steroid dienone is 1. The topological polar surface area (TPSA) is 47.9 Å². The predicted molar refractivity (Wildman–Crippen MR) is 95.4 cm³/mol. The Morgan fingerprint density at radius 1 is 1.39 bits per heavy atom. The summed E-state index contributed by atoms with van der Waals surface area (Å²) >= 11 is 0. The number of hydrogen-bond donors (Lipinski definition) is 1. The molecule has 0 aromatic carbocycles. The smallest absolute Gasteiger partial charge is 0.171 e. The van der Waals surface area contributed by atoms with Crippen molar-refractivity contribution in [3.8, 4) is 0 Å². The van der Waals surface area contributed by atoms with E-state index in [1.165, 1.54) is 12.7 Å². The standard InChI is InChI=1S/C18H34O4Si/c1-14(13-19)7-8-15-11-16(22-23-17(2,3)4)12-18(21-15)9-5-6-10-20-18/h13,15-16,19H,5-12,23H2,1-4H3. The van der Waals surface area contributed by atoms with Crippen LogP contribution in [0.2, 0.25) is 5.04 Å². The van der Waals surface area contributed by atoms with Gasteiger partial charge in [-0.1, -0.05) is 20.8 Å². The molecule has 2 aliphatic rings. The van der Waals surface area contributed by atoms with Crippen LogP contribution in [0.1, 0.15) is 72.6 Å². The third kappa shape index (κ3) is 6.22. The van der Waals surface area contributed by atoms with E-state index in [1.54, 1.807) is 0 Å². The zero-order chi connectivity index (χ0) is 16.9. The lowest BCUT2D eigenvalue weighted by atomic mass is 9.91. The van der Waals surface area contributed by atoms with Crippen molar-refractivity contribution in [3.63, 3.8) is 0 Å². The average molecular weight is 343 g/mol. The normalized spacial score (nSPS) is 33.7. The van der Waals surface area contributed by atoms with Crippen molar-refractivity contribution in [1.82, 2.24) is 0 Å². The second-order valence-corrected chi connectivity index (χ2v) is 11.1. The summed E-state index contributed by atoms with van der Waals surface area (Å²) in [5.41, 5.74) is 0.999. The summed E-state index contributed by atoms with van der Waals surface area (Å²) in [5, 5.41) is 9.40. The summed E-state index contributed by atoms with van der Waals surface area (Å²) in [6, 6.07) is 0. The van der Waals surface area contributed by atoms with E-state index in [9.17, 15) is 0 Å². The molecule has 3 unspecified atom stereocenters. The summed E-state index contributed by atoms with van der Waals surface area (Å²) < 4.78 is 18.8. The third-order valence-corrected chi connectivity index (χ3v) is 6.10. The van der Waals surface area contributed by atoms with Gasteiger partial charge in [0.15, 0.2) is 15.6 Å². The Hall–Kier alpha value is -0.363. The first-order valence-corrected chi connectivity index (χ1v) is 10.3. The van der Waals surface area contributed by atoms with Gasteiger partial charge in [-0.3, -0.25) is 0 Å². The van der Waals surface area contributed by atoms with E-state index < -0.39 is 15.6 Å². The monoisotopic (exact) mass is 342 g/mol. The SMILES string of the molecule is CC(=CO)CCC1CC(O[SiH2]C(C)(C)C)CC2(CCCCO2)O1. The zero-order valence-corrected chi connectivity index (χ0v) is 16.7. The largest absolute Gasteiger partial charge is 0.516 e. The van der Waals surface area contributed by atoms with Gasteiger partial charge in [-0.2, -0.15) is 0 Å². The molecule has 0 saturated carbocycles. The first-order chi connectivity index (χ1) is 10.8. The number of hydrogen-bond acceptors (Lipinski definition) is 4. The molecule has 2 fully saturated rings. The molecule has 0 aromatic heterocycles. The number of rotatable bonds is 5. The molecule has 3 atom stereocenters. The Kier molecular flexibility index (Phi) is 6.72. The summed E-state index contributed by atoms with van der Waals surface area (Å²) in [7, 11) is -0.567. The lowest BCUT2D eigenvalue weighted by Crippen LogP contribution is -2.50. The molecular weight excluding hydrogens is 308 g/mol. The van der Waals surface area contributed by atoms with Gasteiger partial charge in [0, 0.05) is 12.8 Å². The van der Waals surface area contributed by atoms with E-state index >= 15 is 0 Å². The molecule has 134 valence electrons. The van der Waals surface area contributed by atoms with Gasteiger partial charge in [-0.25, -0.2) is 0 Å². The van der Waals surface area contributed by atoms with Gasteiger partial charge in [0.25, 0.3) is 0 Å². The molecule has 5 heteroatoms. The maximum absolute atomic E-state index is 9.09. The van der Waals surface area contributed by atoms with Crippen molar-refractivity contribution in [3.05, 3.63) is 11.8 Å². The highest BCUT2D eigenvalue weighted by molar-refractivity contribution is 6.31. The first-order valence-electron chi connectivity index (χ1n) is 9.05. The Balaban J connectivity index is 1.98. The molecule has 2 heterocycles. The van der Waals surface area contributed by atoms with Crippen molar-refractivity contribution >= 4 is 9.76 Å². The Labute approximate surface area is 143 Å². The van der Waals surface area contributed by atoms with Crippen LogP contribution in [-0.4, -0.2) is 39.5 Å². The lowest BCUT2D eigenvalue weighted by Gasteiger charge is -2.46. The Morgan fingerprint density at radius 2 is 2.17 bits per heavy atom. The fraction of sp³-hybridized carbons (Fsp3) is 0.889. The first kappa shape index (κ1) is 19.0. The molecule has 0 bridgehead atoms. The van der Waals surface area contributed by atoms with E-state index in [0.29, 0.717) is 5.04 Å². The molecule has 4 nitrogen and oxygen atoms in total. The van der Waals surface area contributed by atoms with Gasteiger partial charge in [0.05, 0.1) is 25.1 Å². The molecular formula is C18H34O4Si. The fourth-order valence-electron chi connectivity index (χ4n) is 3.33. The van der Waals surface area contributed by atoms with E-state index in [1.807, 2.05) is 6.92 Å². The molecule has 23 heavy (non-hydrogen) atoms. The molecule has 0 amide bonds. The minimum absolute atomic E-state index is 0.163. The third-order valence-electron chi connectivity index (χ3n) is 4.60. The number of aliphatic hydroxyl groups is 1. The highest BCUT2D eigenvalue weighted by atomic mass is 28.2. The molecule has 0 aromatic rings. The van der Waals surface area contributed by atoms with E-state index in [2.05, 4.69) is 20.8 Å². The number of ether oxygens (including phenoxy) is 2. The molecule has 1 spiro atoms.